The predicted octanol–water partition coefficient (Wildman–Crippen LogP) is 1.90. The largest absolute Gasteiger partial charge is 0.382 e. The van der Waals surface area contributed by atoms with Gasteiger partial charge in [-0.2, -0.15) is 0 Å². The highest BCUT2D eigenvalue weighted by Gasteiger charge is 2.29. The number of carbonyl (C=O) groups is 2. The standard InChI is InChI=1S/C17H19N5O2/c1-10(21-17(24)14-15(18)20-9-8-19-14)11-4-6-13(7-5-11)22-16(23)12-2-3-12/h4-10,12H,2-3H2,1H3,(H2,18,20)(H,21,24)(H,22,23). The number of hydrogen-bond donors (Lipinski definition) is 3. The highest BCUT2D eigenvalue weighted by Crippen LogP contribution is 2.30. The minimum absolute atomic E-state index is 0.0715. The lowest BCUT2D eigenvalue weighted by molar-refractivity contribution is -0.117. The number of nitrogens with one attached hydrogen (secondary N) is 2. The third kappa shape index (κ3) is 3.68. The van der Waals surface area contributed by atoms with E-state index in [9.17, 15) is 9.59 Å². The van der Waals surface area contributed by atoms with Crippen LogP contribution in [-0.4, -0.2) is 21.8 Å². The normalized spacial score (nSPS) is 14.7. The quantitative estimate of drug-likeness (QED) is 0.777. The second-order valence-corrected chi connectivity index (χ2v) is 5.87. The van der Waals surface area contributed by atoms with Gasteiger partial charge in [-0.15, -0.1) is 0 Å². The first-order chi connectivity index (χ1) is 11.5. The van der Waals surface area contributed by atoms with E-state index >= 15 is 0 Å². The van der Waals surface area contributed by atoms with Crippen LogP contribution in [0.3, 0.4) is 0 Å². The summed E-state index contributed by atoms with van der Waals surface area (Å²) in [5, 5.41) is 5.72. The molecule has 7 heteroatoms. The molecule has 2 amide bonds. The number of nitrogens with zero attached hydrogens (tertiary/aromatic N) is 2. The maximum atomic E-state index is 12.2. The molecule has 1 atom stereocenters. The Labute approximate surface area is 139 Å². The summed E-state index contributed by atoms with van der Waals surface area (Å²) in [7, 11) is 0. The van der Waals surface area contributed by atoms with Crippen molar-refractivity contribution in [2.45, 2.75) is 25.8 Å². The third-order valence-corrected chi connectivity index (χ3v) is 3.92. The molecule has 1 aliphatic carbocycles. The Morgan fingerprint density at radius 3 is 2.46 bits per heavy atom. The SMILES string of the molecule is CC(NC(=O)c1nccnc1N)c1ccc(NC(=O)C2CC2)cc1. The van der Waals surface area contributed by atoms with Crippen LogP contribution in [-0.2, 0) is 4.79 Å². The van der Waals surface area contributed by atoms with E-state index in [4.69, 9.17) is 5.73 Å². The van der Waals surface area contributed by atoms with E-state index in [1.54, 1.807) is 0 Å². The van der Waals surface area contributed by atoms with E-state index in [1.165, 1.54) is 12.4 Å². The lowest BCUT2D eigenvalue weighted by Gasteiger charge is -2.15. The van der Waals surface area contributed by atoms with Crippen molar-refractivity contribution in [2.24, 2.45) is 5.92 Å². The summed E-state index contributed by atoms with van der Waals surface area (Å²) in [6.07, 6.45) is 4.80. The minimum Gasteiger partial charge on any atom is -0.382 e. The molecule has 2 aromatic rings. The van der Waals surface area contributed by atoms with Gasteiger partial charge in [0, 0.05) is 24.0 Å². The first-order valence-electron chi connectivity index (χ1n) is 7.83. The highest BCUT2D eigenvalue weighted by molar-refractivity contribution is 5.96. The van der Waals surface area contributed by atoms with Crippen LogP contribution in [0.5, 0.6) is 0 Å². The van der Waals surface area contributed by atoms with Gasteiger partial charge >= 0.3 is 0 Å². The van der Waals surface area contributed by atoms with Crippen molar-refractivity contribution in [3.05, 3.63) is 47.9 Å². The Balaban J connectivity index is 1.62. The predicted molar refractivity (Wildman–Crippen MR) is 90.1 cm³/mol. The molecule has 124 valence electrons. The van der Waals surface area contributed by atoms with Crippen LogP contribution in [0.1, 0.15) is 41.9 Å². The van der Waals surface area contributed by atoms with E-state index in [1.807, 2.05) is 31.2 Å². The van der Waals surface area contributed by atoms with Crippen molar-refractivity contribution in [3.8, 4) is 0 Å². The van der Waals surface area contributed by atoms with Crippen LogP contribution in [0, 0.1) is 5.92 Å². The fourth-order valence-corrected chi connectivity index (χ4v) is 2.32. The lowest BCUT2D eigenvalue weighted by atomic mass is 10.1. The van der Waals surface area contributed by atoms with Gasteiger partial charge in [0.15, 0.2) is 11.5 Å². The van der Waals surface area contributed by atoms with Crippen LogP contribution >= 0.6 is 0 Å². The fraction of sp³-hybridized carbons (Fsp3) is 0.294. The Morgan fingerprint density at radius 1 is 1.17 bits per heavy atom. The molecule has 4 N–H and O–H groups in total. The second-order valence-electron chi connectivity index (χ2n) is 5.87. The molecule has 1 aromatic heterocycles. The Hall–Kier alpha value is -2.96. The number of carbonyl (C=O) groups excluding carboxylic acids is 2. The third-order valence-electron chi connectivity index (χ3n) is 3.92. The number of hydrogen-bond acceptors (Lipinski definition) is 5. The zero-order chi connectivity index (χ0) is 17.1. The van der Waals surface area contributed by atoms with Gasteiger partial charge in [-0.3, -0.25) is 9.59 Å². The Bertz CT molecular complexity index is 756. The molecule has 0 bridgehead atoms. The maximum absolute atomic E-state index is 12.2. The summed E-state index contributed by atoms with van der Waals surface area (Å²) in [5.74, 6) is -0.0397. The Morgan fingerprint density at radius 2 is 1.83 bits per heavy atom. The van der Waals surface area contributed by atoms with Crippen LogP contribution in [0.2, 0.25) is 0 Å². The molecule has 0 spiro atoms. The van der Waals surface area contributed by atoms with E-state index in [2.05, 4.69) is 20.6 Å². The molecular weight excluding hydrogens is 306 g/mol. The van der Waals surface area contributed by atoms with Crippen molar-refractivity contribution in [2.75, 3.05) is 11.1 Å². The number of anilines is 2. The highest BCUT2D eigenvalue weighted by atomic mass is 16.2. The summed E-state index contributed by atoms with van der Waals surface area (Å²) < 4.78 is 0. The van der Waals surface area contributed by atoms with Crippen LogP contribution in [0.25, 0.3) is 0 Å². The first kappa shape index (κ1) is 15.9. The number of nitrogens with two attached hydrogens (primary N) is 1. The van der Waals surface area contributed by atoms with Crippen LogP contribution < -0.4 is 16.4 Å². The second kappa shape index (κ2) is 6.66. The first-order valence-corrected chi connectivity index (χ1v) is 7.83. The monoisotopic (exact) mass is 325 g/mol. The molecular formula is C17H19N5O2. The van der Waals surface area contributed by atoms with Gasteiger partial charge in [-0.25, -0.2) is 9.97 Å². The van der Waals surface area contributed by atoms with Crippen molar-refractivity contribution in [1.29, 1.82) is 0 Å². The van der Waals surface area contributed by atoms with Gasteiger partial charge in [-0.1, -0.05) is 12.1 Å². The Kier molecular flexibility index (Phi) is 4.41. The fourth-order valence-electron chi connectivity index (χ4n) is 2.32. The molecule has 1 heterocycles. The molecule has 1 aromatic carbocycles. The molecule has 0 saturated heterocycles. The molecule has 3 rings (SSSR count). The molecule has 1 fully saturated rings. The van der Waals surface area contributed by atoms with Crippen molar-refractivity contribution in [1.82, 2.24) is 15.3 Å². The molecule has 1 unspecified atom stereocenters. The molecule has 1 aliphatic rings. The summed E-state index contributed by atoms with van der Waals surface area (Å²) in [6.45, 7) is 1.86. The van der Waals surface area contributed by atoms with E-state index < -0.39 is 0 Å². The zero-order valence-corrected chi connectivity index (χ0v) is 13.3. The molecule has 0 aliphatic heterocycles. The van der Waals surface area contributed by atoms with E-state index in [0.717, 1.165) is 24.1 Å². The number of benzene rings is 1. The maximum Gasteiger partial charge on any atom is 0.274 e. The number of nitrogen functional groups attached to an aromatic ring is 1. The summed E-state index contributed by atoms with van der Waals surface area (Å²) >= 11 is 0. The van der Waals surface area contributed by atoms with Gasteiger partial charge < -0.3 is 16.4 Å². The van der Waals surface area contributed by atoms with Gasteiger partial charge in [0.25, 0.3) is 5.91 Å². The van der Waals surface area contributed by atoms with Gasteiger partial charge in [0.05, 0.1) is 6.04 Å². The summed E-state index contributed by atoms with van der Waals surface area (Å²) in [4.78, 5) is 31.7. The average Bonchev–Trinajstić information content (AvgIpc) is 3.40. The van der Waals surface area contributed by atoms with Gasteiger partial charge in [0.2, 0.25) is 5.91 Å². The molecule has 7 nitrogen and oxygen atoms in total. The number of rotatable bonds is 5. The van der Waals surface area contributed by atoms with Crippen LogP contribution in [0.15, 0.2) is 36.7 Å². The lowest BCUT2D eigenvalue weighted by Crippen LogP contribution is -2.28. The average molecular weight is 325 g/mol. The van der Waals surface area contributed by atoms with E-state index in [0.29, 0.717) is 0 Å². The molecule has 24 heavy (non-hydrogen) atoms. The zero-order valence-electron chi connectivity index (χ0n) is 13.3. The van der Waals surface area contributed by atoms with Crippen molar-refractivity contribution in [3.63, 3.8) is 0 Å². The van der Waals surface area contributed by atoms with Gasteiger partial charge in [0.1, 0.15) is 0 Å². The summed E-state index contributed by atoms with van der Waals surface area (Å²) in [6, 6.07) is 7.16. The number of amides is 2. The van der Waals surface area contributed by atoms with Crippen molar-refractivity contribution < 1.29 is 9.59 Å². The van der Waals surface area contributed by atoms with Crippen molar-refractivity contribution >= 4 is 23.3 Å². The molecule has 0 radical (unpaired) electrons. The van der Waals surface area contributed by atoms with Crippen LogP contribution in [0.4, 0.5) is 11.5 Å². The summed E-state index contributed by atoms with van der Waals surface area (Å²) in [5.41, 5.74) is 7.43. The van der Waals surface area contributed by atoms with Gasteiger partial charge in [-0.05, 0) is 37.5 Å². The molecule has 1 saturated carbocycles. The smallest absolute Gasteiger partial charge is 0.274 e. The topological polar surface area (TPSA) is 110 Å². The minimum atomic E-state index is -0.376. The number of aromatic nitrogens is 2. The van der Waals surface area contributed by atoms with E-state index in [-0.39, 0.29) is 35.3 Å².